The second kappa shape index (κ2) is 5.91. The summed E-state index contributed by atoms with van der Waals surface area (Å²) in [7, 11) is 0. The summed E-state index contributed by atoms with van der Waals surface area (Å²) in [6.07, 6.45) is 2.42. The Kier molecular flexibility index (Phi) is 3.98. The maximum Gasteiger partial charge on any atom is 0.292 e. The fourth-order valence-corrected chi connectivity index (χ4v) is 2.85. The Morgan fingerprint density at radius 3 is 2.71 bits per heavy atom. The molecule has 2 aliphatic heterocycles. The van der Waals surface area contributed by atoms with Crippen LogP contribution in [0.5, 0.6) is 0 Å². The van der Waals surface area contributed by atoms with E-state index in [0.29, 0.717) is 12.2 Å². The summed E-state index contributed by atoms with van der Waals surface area (Å²) in [5.74, 6) is -0.857. The number of ether oxygens (including phenoxy) is 1. The quantitative estimate of drug-likeness (QED) is 0.807. The van der Waals surface area contributed by atoms with Gasteiger partial charge >= 0.3 is 0 Å². The lowest BCUT2D eigenvalue weighted by atomic mass is 10.2. The smallest absolute Gasteiger partial charge is 0.292 e. The van der Waals surface area contributed by atoms with Crippen LogP contribution in [-0.4, -0.2) is 37.1 Å². The maximum absolute atomic E-state index is 12.9. The Morgan fingerprint density at radius 1 is 1.29 bits per heavy atom. The number of quaternary nitrogens is 1. The first-order chi connectivity index (χ1) is 10.1. The molecule has 1 aromatic rings. The van der Waals surface area contributed by atoms with Crippen LogP contribution < -0.4 is 10.2 Å². The Hall–Kier alpha value is -1.79. The van der Waals surface area contributed by atoms with Crippen LogP contribution in [0.1, 0.15) is 19.3 Å². The second-order valence-electron chi connectivity index (χ2n) is 5.46. The summed E-state index contributed by atoms with van der Waals surface area (Å²) < 4.78 is 18.4. The molecule has 112 valence electrons. The molecular weight excluding hydrogens is 275 g/mol. The number of nitrogens with two attached hydrogens (primary N) is 1. The van der Waals surface area contributed by atoms with Gasteiger partial charge in [0.15, 0.2) is 6.04 Å². The molecule has 1 aromatic carbocycles. The third-order valence-corrected chi connectivity index (χ3v) is 3.97. The van der Waals surface area contributed by atoms with Gasteiger partial charge in [-0.15, -0.1) is 0 Å². The molecule has 0 radical (unpaired) electrons. The number of rotatable bonds is 4. The Labute approximate surface area is 122 Å². The predicted octanol–water partition coefficient (Wildman–Crippen LogP) is 0.200. The molecule has 0 saturated carbocycles. The van der Waals surface area contributed by atoms with E-state index in [1.165, 1.54) is 24.3 Å². The average Bonchev–Trinajstić information content (AvgIpc) is 3.07. The number of imide groups is 1. The van der Waals surface area contributed by atoms with Crippen LogP contribution in [0.4, 0.5) is 10.1 Å². The lowest BCUT2D eigenvalue weighted by Gasteiger charge is -2.15. The zero-order valence-corrected chi connectivity index (χ0v) is 11.6. The van der Waals surface area contributed by atoms with Crippen LogP contribution in [0.3, 0.4) is 0 Å². The van der Waals surface area contributed by atoms with E-state index in [4.69, 9.17) is 4.74 Å². The average molecular weight is 293 g/mol. The van der Waals surface area contributed by atoms with Crippen molar-refractivity contribution in [3.63, 3.8) is 0 Å². The number of hydrogen-bond acceptors (Lipinski definition) is 3. The normalized spacial score (nSPS) is 25.9. The molecule has 0 aromatic heterocycles. The highest BCUT2D eigenvalue weighted by Crippen LogP contribution is 2.21. The van der Waals surface area contributed by atoms with Gasteiger partial charge < -0.3 is 10.1 Å². The Morgan fingerprint density at radius 2 is 2.05 bits per heavy atom. The van der Waals surface area contributed by atoms with Gasteiger partial charge in [-0.25, -0.2) is 9.29 Å². The van der Waals surface area contributed by atoms with E-state index >= 15 is 0 Å². The van der Waals surface area contributed by atoms with Gasteiger partial charge in [0, 0.05) is 6.61 Å². The molecule has 2 atom stereocenters. The van der Waals surface area contributed by atoms with Crippen molar-refractivity contribution < 1.29 is 24.0 Å². The van der Waals surface area contributed by atoms with Crippen LogP contribution in [0.25, 0.3) is 0 Å². The van der Waals surface area contributed by atoms with Gasteiger partial charge in [0.2, 0.25) is 5.91 Å². The van der Waals surface area contributed by atoms with Crippen molar-refractivity contribution in [3.05, 3.63) is 30.1 Å². The number of nitrogens with zero attached hydrogens (tertiary/aromatic N) is 1. The van der Waals surface area contributed by atoms with Crippen molar-refractivity contribution in [3.8, 4) is 0 Å². The molecule has 3 rings (SSSR count). The van der Waals surface area contributed by atoms with E-state index in [9.17, 15) is 14.0 Å². The van der Waals surface area contributed by atoms with E-state index in [0.717, 1.165) is 24.3 Å². The molecule has 2 saturated heterocycles. The van der Waals surface area contributed by atoms with E-state index in [2.05, 4.69) is 0 Å². The first-order valence-corrected chi connectivity index (χ1v) is 7.22. The highest BCUT2D eigenvalue weighted by Gasteiger charge is 2.42. The van der Waals surface area contributed by atoms with Crippen LogP contribution in [0, 0.1) is 5.82 Å². The number of anilines is 1. The summed E-state index contributed by atoms with van der Waals surface area (Å²) in [6.45, 7) is 1.47. The van der Waals surface area contributed by atoms with E-state index in [1.54, 1.807) is 0 Å². The van der Waals surface area contributed by atoms with Crippen LogP contribution in [-0.2, 0) is 14.3 Å². The minimum Gasteiger partial charge on any atom is -0.372 e. The third kappa shape index (κ3) is 2.96. The SMILES string of the molecule is O=C1C[C@@H]([NH2+]C[C@@H]2CCCO2)C(=O)N1c1ccc(F)cc1. The lowest BCUT2D eigenvalue weighted by molar-refractivity contribution is -0.680. The first kappa shape index (κ1) is 14.2. The molecule has 0 spiro atoms. The molecule has 6 heteroatoms. The monoisotopic (exact) mass is 293 g/mol. The number of benzene rings is 1. The minimum absolute atomic E-state index is 0.174. The lowest BCUT2D eigenvalue weighted by Crippen LogP contribution is -2.93. The Bertz CT molecular complexity index is 540. The highest BCUT2D eigenvalue weighted by molar-refractivity contribution is 6.21. The van der Waals surface area contributed by atoms with Crippen LogP contribution in [0.15, 0.2) is 24.3 Å². The third-order valence-electron chi connectivity index (χ3n) is 3.97. The predicted molar refractivity (Wildman–Crippen MR) is 73.1 cm³/mol. The molecule has 2 fully saturated rings. The number of amides is 2. The number of halogens is 1. The Balaban J connectivity index is 1.65. The fraction of sp³-hybridized carbons (Fsp3) is 0.467. The summed E-state index contributed by atoms with van der Waals surface area (Å²) in [4.78, 5) is 25.5. The van der Waals surface area contributed by atoms with Gasteiger partial charge in [-0.2, -0.15) is 0 Å². The van der Waals surface area contributed by atoms with Gasteiger partial charge in [0.25, 0.3) is 5.91 Å². The standard InChI is InChI=1S/C15H17FN2O3/c16-10-3-5-11(6-4-10)18-14(19)8-13(15(18)20)17-9-12-2-1-7-21-12/h3-6,12-13,17H,1-2,7-9H2/p+1/t12-,13+/m0/s1. The molecule has 5 nitrogen and oxygen atoms in total. The van der Waals surface area contributed by atoms with Gasteiger partial charge in [0.05, 0.1) is 12.1 Å². The topological polar surface area (TPSA) is 63.2 Å². The molecule has 2 amide bonds. The van der Waals surface area contributed by atoms with E-state index in [-0.39, 0.29) is 30.2 Å². The number of carbonyl (C=O) groups is 2. The molecular formula is C15H18FN2O3+. The summed E-state index contributed by atoms with van der Waals surface area (Å²) in [5, 5.41) is 1.89. The summed E-state index contributed by atoms with van der Waals surface area (Å²) >= 11 is 0. The zero-order valence-electron chi connectivity index (χ0n) is 11.6. The van der Waals surface area contributed by atoms with Crippen molar-refractivity contribution in [2.24, 2.45) is 0 Å². The van der Waals surface area contributed by atoms with Crippen LogP contribution in [0.2, 0.25) is 0 Å². The summed E-state index contributed by atoms with van der Waals surface area (Å²) in [5.41, 5.74) is 0.430. The van der Waals surface area contributed by atoms with Gasteiger partial charge in [0.1, 0.15) is 18.5 Å². The fourth-order valence-electron chi connectivity index (χ4n) is 2.85. The molecule has 2 N–H and O–H groups in total. The molecule has 0 bridgehead atoms. The van der Waals surface area contributed by atoms with Crippen molar-refractivity contribution in [1.82, 2.24) is 0 Å². The zero-order chi connectivity index (χ0) is 14.8. The molecule has 2 aliphatic rings. The summed E-state index contributed by atoms with van der Waals surface area (Å²) in [6, 6.07) is 5.01. The molecule has 21 heavy (non-hydrogen) atoms. The number of hydrogen-bond donors (Lipinski definition) is 1. The van der Waals surface area contributed by atoms with E-state index < -0.39 is 6.04 Å². The van der Waals surface area contributed by atoms with Crippen molar-refractivity contribution >= 4 is 17.5 Å². The van der Waals surface area contributed by atoms with Gasteiger partial charge in [-0.3, -0.25) is 9.59 Å². The maximum atomic E-state index is 12.9. The largest absolute Gasteiger partial charge is 0.372 e. The van der Waals surface area contributed by atoms with Crippen LogP contribution >= 0.6 is 0 Å². The highest BCUT2D eigenvalue weighted by atomic mass is 19.1. The minimum atomic E-state index is -0.397. The first-order valence-electron chi connectivity index (χ1n) is 7.22. The molecule has 0 unspecified atom stereocenters. The molecule has 0 aliphatic carbocycles. The van der Waals surface area contributed by atoms with Crippen molar-refractivity contribution in [1.29, 1.82) is 0 Å². The van der Waals surface area contributed by atoms with Gasteiger partial charge in [-0.05, 0) is 37.1 Å². The number of carbonyl (C=O) groups excluding carboxylic acids is 2. The van der Waals surface area contributed by atoms with Gasteiger partial charge in [-0.1, -0.05) is 0 Å². The second-order valence-corrected chi connectivity index (χ2v) is 5.46. The van der Waals surface area contributed by atoms with E-state index in [1.807, 2.05) is 5.32 Å². The molecule has 2 heterocycles. The van der Waals surface area contributed by atoms with Crippen molar-refractivity contribution in [2.75, 3.05) is 18.1 Å². The van der Waals surface area contributed by atoms with Crippen molar-refractivity contribution in [2.45, 2.75) is 31.4 Å².